The molecule has 18 heavy (non-hydrogen) atoms. The van der Waals surface area contributed by atoms with Crippen LogP contribution in [0.1, 0.15) is 50.4 Å². The summed E-state index contributed by atoms with van der Waals surface area (Å²) in [5.41, 5.74) is 5.71. The summed E-state index contributed by atoms with van der Waals surface area (Å²) in [6.07, 6.45) is 6.53. The molecule has 0 amide bonds. The van der Waals surface area contributed by atoms with Gasteiger partial charge in [-0.15, -0.1) is 10.2 Å². The quantitative estimate of drug-likeness (QED) is 0.864. The number of hydrogen-bond acceptors (Lipinski definition) is 5. The monoisotopic (exact) mass is 268 g/mol. The molecule has 2 aliphatic carbocycles. The van der Waals surface area contributed by atoms with E-state index in [1.165, 1.54) is 19.3 Å². The van der Waals surface area contributed by atoms with Gasteiger partial charge in [0.15, 0.2) is 5.16 Å². The van der Waals surface area contributed by atoms with E-state index in [9.17, 15) is 5.11 Å². The lowest BCUT2D eigenvalue weighted by molar-refractivity contribution is 0.136. The lowest BCUT2D eigenvalue weighted by Gasteiger charge is -2.26. The Morgan fingerprint density at radius 2 is 2.00 bits per heavy atom. The van der Waals surface area contributed by atoms with Crippen molar-refractivity contribution in [1.82, 2.24) is 14.8 Å². The molecule has 2 saturated carbocycles. The third-order valence-corrected chi connectivity index (χ3v) is 5.10. The fourth-order valence-corrected chi connectivity index (χ4v) is 3.88. The number of nitrogens with two attached hydrogens (primary N) is 1. The van der Waals surface area contributed by atoms with Crippen LogP contribution in [0, 0.1) is 0 Å². The van der Waals surface area contributed by atoms with Crippen molar-refractivity contribution in [2.45, 2.75) is 67.6 Å². The predicted octanol–water partition coefficient (Wildman–Crippen LogP) is 1.47. The largest absolute Gasteiger partial charge is 0.392 e. The van der Waals surface area contributed by atoms with Crippen LogP contribution in [0.4, 0.5) is 0 Å². The molecule has 3 rings (SSSR count). The van der Waals surface area contributed by atoms with Gasteiger partial charge in [-0.3, -0.25) is 0 Å². The SMILES string of the molecule is NCc1nnc(SC2CCCCC2O)n1C1CC1. The average molecular weight is 268 g/mol. The van der Waals surface area contributed by atoms with E-state index >= 15 is 0 Å². The lowest BCUT2D eigenvalue weighted by atomic mass is 9.97. The first kappa shape index (κ1) is 12.4. The molecule has 0 aromatic carbocycles. The second-order valence-electron chi connectivity index (χ2n) is 5.21. The number of aliphatic hydroxyl groups excluding tert-OH is 1. The van der Waals surface area contributed by atoms with Gasteiger partial charge in [-0.2, -0.15) is 0 Å². The Labute approximate surface area is 111 Å². The Morgan fingerprint density at radius 1 is 1.22 bits per heavy atom. The summed E-state index contributed by atoms with van der Waals surface area (Å²) in [4.78, 5) is 0. The van der Waals surface area contributed by atoms with Gasteiger partial charge < -0.3 is 15.4 Å². The second kappa shape index (κ2) is 5.19. The summed E-state index contributed by atoms with van der Waals surface area (Å²) in [5, 5.41) is 19.7. The number of rotatable bonds is 4. The zero-order valence-electron chi connectivity index (χ0n) is 10.5. The van der Waals surface area contributed by atoms with E-state index in [0.717, 1.165) is 30.2 Å². The van der Waals surface area contributed by atoms with Crippen LogP contribution in [0.25, 0.3) is 0 Å². The molecule has 0 bridgehead atoms. The second-order valence-corrected chi connectivity index (χ2v) is 6.42. The van der Waals surface area contributed by atoms with E-state index in [0.29, 0.717) is 12.6 Å². The molecule has 2 fully saturated rings. The van der Waals surface area contributed by atoms with Gasteiger partial charge in [-0.25, -0.2) is 0 Å². The molecule has 3 N–H and O–H groups in total. The number of hydrogen-bond donors (Lipinski definition) is 2. The maximum atomic E-state index is 10.0. The molecule has 0 saturated heterocycles. The van der Waals surface area contributed by atoms with Crippen molar-refractivity contribution >= 4 is 11.8 Å². The zero-order chi connectivity index (χ0) is 12.5. The van der Waals surface area contributed by atoms with Gasteiger partial charge in [0.2, 0.25) is 0 Å². The molecule has 2 unspecified atom stereocenters. The molecule has 5 nitrogen and oxygen atoms in total. The third kappa shape index (κ3) is 2.41. The summed E-state index contributed by atoms with van der Waals surface area (Å²) in [6, 6.07) is 0.543. The Morgan fingerprint density at radius 3 is 2.67 bits per heavy atom. The highest BCUT2D eigenvalue weighted by molar-refractivity contribution is 7.99. The molecule has 100 valence electrons. The molecule has 2 atom stereocenters. The topological polar surface area (TPSA) is 77.0 Å². The van der Waals surface area contributed by atoms with Gasteiger partial charge in [0, 0.05) is 11.3 Å². The van der Waals surface area contributed by atoms with Crippen LogP contribution in [0.15, 0.2) is 5.16 Å². The fraction of sp³-hybridized carbons (Fsp3) is 0.833. The van der Waals surface area contributed by atoms with Crippen LogP contribution in [0.5, 0.6) is 0 Å². The van der Waals surface area contributed by atoms with Crippen LogP contribution in [-0.2, 0) is 6.54 Å². The van der Waals surface area contributed by atoms with Gasteiger partial charge >= 0.3 is 0 Å². The Bertz CT molecular complexity index is 418. The van der Waals surface area contributed by atoms with E-state index in [1.54, 1.807) is 11.8 Å². The highest BCUT2D eigenvalue weighted by Crippen LogP contribution is 2.41. The number of nitrogens with zero attached hydrogens (tertiary/aromatic N) is 3. The van der Waals surface area contributed by atoms with Crippen molar-refractivity contribution in [3.8, 4) is 0 Å². The van der Waals surface area contributed by atoms with Crippen LogP contribution < -0.4 is 5.73 Å². The summed E-state index contributed by atoms with van der Waals surface area (Å²) in [6.45, 7) is 0.442. The molecule has 6 heteroatoms. The van der Waals surface area contributed by atoms with Crippen LogP contribution in [-0.4, -0.2) is 31.2 Å². The molecular formula is C12H20N4OS. The first-order chi connectivity index (χ1) is 8.79. The zero-order valence-corrected chi connectivity index (χ0v) is 11.3. The van der Waals surface area contributed by atoms with Crippen molar-refractivity contribution in [3.63, 3.8) is 0 Å². The standard InChI is InChI=1S/C12H20N4OS/c13-7-11-14-15-12(16(11)8-5-6-8)18-10-4-2-1-3-9(10)17/h8-10,17H,1-7,13H2. The minimum atomic E-state index is -0.200. The molecule has 0 spiro atoms. The number of aliphatic hydroxyl groups is 1. The molecule has 0 radical (unpaired) electrons. The molecule has 0 aliphatic heterocycles. The van der Waals surface area contributed by atoms with Gasteiger partial charge in [-0.1, -0.05) is 24.6 Å². The van der Waals surface area contributed by atoms with Crippen molar-refractivity contribution < 1.29 is 5.11 Å². The van der Waals surface area contributed by atoms with Crippen molar-refractivity contribution in [2.75, 3.05) is 0 Å². The Kier molecular flexibility index (Phi) is 3.59. The number of thioether (sulfide) groups is 1. The van der Waals surface area contributed by atoms with Crippen molar-refractivity contribution in [2.24, 2.45) is 5.73 Å². The highest BCUT2D eigenvalue weighted by Gasteiger charge is 2.32. The lowest BCUT2D eigenvalue weighted by Crippen LogP contribution is -2.27. The normalized spacial score (nSPS) is 28.6. The minimum absolute atomic E-state index is 0.200. The first-order valence-corrected chi connectivity index (χ1v) is 7.66. The summed E-state index contributed by atoms with van der Waals surface area (Å²) >= 11 is 1.69. The van der Waals surface area contributed by atoms with Gasteiger partial charge in [0.05, 0.1) is 12.6 Å². The summed E-state index contributed by atoms with van der Waals surface area (Å²) < 4.78 is 2.19. The van der Waals surface area contributed by atoms with E-state index in [4.69, 9.17) is 5.73 Å². The molecule has 1 heterocycles. The van der Waals surface area contributed by atoms with Crippen molar-refractivity contribution in [1.29, 1.82) is 0 Å². The highest BCUT2D eigenvalue weighted by atomic mass is 32.2. The maximum Gasteiger partial charge on any atom is 0.191 e. The van der Waals surface area contributed by atoms with Crippen LogP contribution in [0.3, 0.4) is 0 Å². The van der Waals surface area contributed by atoms with E-state index in [2.05, 4.69) is 14.8 Å². The van der Waals surface area contributed by atoms with E-state index in [-0.39, 0.29) is 11.4 Å². The minimum Gasteiger partial charge on any atom is -0.392 e. The maximum absolute atomic E-state index is 10.0. The Balaban J connectivity index is 1.77. The summed E-state index contributed by atoms with van der Waals surface area (Å²) in [5.74, 6) is 0.880. The smallest absolute Gasteiger partial charge is 0.191 e. The van der Waals surface area contributed by atoms with Crippen LogP contribution >= 0.6 is 11.8 Å². The van der Waals surface area contributed by atoms with Gasteiger partial charge in [-0.05, 0) is 25.7 Å². The predicted molar refractivity (Wildman–Crippen MR) is 70.3 cm³/mol. The Hall–Kier alpha value is -0.590. The van der Waals surface area contributed by atoms with E-state index in [1.807, 2.05) is 0 Å². The first-order valence-electron chi connectivity index (χ1n) is 6.78. The van der Waals surface area contributed by atoms with Gasteiger partial charge in [0.1, 0.15) is 5.82 Å². The molecule has 1 aromatic rings. The number of aromatic nitrogens is 3. The third-order valence-electron chi connectivity index (χ3n) is 3.75. The molecule has 1 aromatic heterocycles. The molecule has 2 aliphatic rings. The fourth-order valence-electron chi connectivity index (χ4n) is 2.58. The summed E-state index contributed by atoms with van der Waals surface area (Å²) in [7, 11) is 0. The molecular weight excluding hydrogens is 248 g/mol. The van der Waals surface area contributed by atoms with Crippen LogP contribution in [0.2, 0.25) is 0 Å². The van der Waals surface area contributed by atoms with E-state index < -0.39 is 0 Å². The van der Waals surface area contributed by atoms with Crippen molar-refractivity contribution in [3.05, 3.63) is 5.82 Å². The van der Waals surface area contributed by atoms with Gasteiger partial charge in [0.25, 0.3) is 0 Å². The average Bonchev–Trinajstić information content (AvgIpc) is 3.14.